The highest BCUT2D eigenvalue weighted by molar-refractivity contribution is 5.00. The van der Waals surface area contributed by atoms with Crippen LogP contribution in [0.15, 0.2) is 0 Å². The van der Waals surface area contributed by atoms with Gasteiger partial charge < -0.3 is 110 Å². The van der Waals surface area contributed by atoms with Crippen LogP contribution >= 0.6 is 0 Å². The second kappa shape index (κ2) is 18.4. The molecule has 0 aromatic rings. The van der Waals surface area contributed by atoms with Crippen molar-refractivity contribution in [2.45, 2.75) is 175 Å². The predicted molar refractivity (Wildman–Crippen MR) is 172 cm³/mol. The van der Waals surface area contributed by atoms with E-state index in [0.717, 1.165) is 0 Å². The van der Waals surface area contributed by atoms with E-state index < -0.39 is 173 Å². The summed E-state index contributed by atoms with van der Waals surface area (Å²) in [6.45, 7) is 3.99. The fourth-order valence-corrected chi connectivity index (χ4v) is 7.34. The number of hydrogen-bond acceptors (Lipinski definition) is 22. The molecular weight excluding hydrogens is 734 g/mol. The Morgan fingerprint density at radius 1 is 0.389 bits per heavy atom. The first-order chi connectivity index (χ1) is 25.4. The van der Waals surface area contributed by atoms with Crippen LogP contribution in [0.25, 0.3) is 0 Å². The van der Waals surface area contributed by atoms with Crippen molar-refractivity contribution >= 4 is 0 Å². The van der Waals surface area contributed by atoms with Crippen molar-refractivity contribution in [3.05, 3.63) is 0 Å². The summed E-state index contributed by atoms with van der Waals surface area (Å²) in [4.78, 5) is 0. The maximum atomic E-state index is 11.2. The monoisotopic (exact) mass is 791 g/mol. The Bertz CT molecular complexity index is 1180. The molecule has 14 unspecified atom stereocenters. The summed E-state index contributed by atoms with van der Waals surface area (Å²) in [5.74, 6) is -0.489. The average Bonchev–Trinajstić information content (AvgIpc) is 3.15. The molecule has 22 nitrogen and oxygen atoms in total. The molecule has 5 fully saturated rings. The minimum atomic E-state index is -1.92. The van der Waals surface area contributed by atoms with Gasteiger partial charge in [0.2, 0.25) is 0 Å². The fraction of sp³-hybridized carbons (Fsp3) is 1.00. The molecule has 0 aromatic carbocycles. The third-order valence-corrected chi connectivity index (χ3v) is 11.0. The number of hydrogen-bond donors (Lipinski definition) is 13. The minimum Gasteiger partial charge on any atom is -0.394 e. The highest BCUT2D eigenvalue weighted by Crippen LogP contribution is 2.37. The molecule has 0 spiro atoms. The average molecular weight is 792 g/mol. The summed E-state index contributed by atoms with van der Waals surface area (Å²) >= 11 is 0. The van der Waals surface area contributed by atoms with Crippen molar-refractivity contribution in [3.63, 3.8) is 0 Å². The van der Waals surface area contributed by atoms with Crippen LogP contribution in [0.3, 0.4) is 0 Å². The fourth-order valence-electron chi connectivity index (χ4n) is 7.34. The third-order valence-electron chi connectivity index (χ3n) is 11.0. The number of aliphatic hydroxyl groups excluding tert-OH is 12. The van der Waals surface area contributed by atoms with Crippen LogP contribution < -0.4 is 5.73 Å². The van der Waals surface area contributed by atoms with Crippen LogP contribution in [-0.4, -0.2) is 228 Å². The van der Waals surface area contributed by atoms with Gasteiger partial charge in [0.05, 0.1) is 50.3 Å². The van der Waals surface area contributed by atoms with Gasteiger partial charge in [0.15, 0.2) is 25.2 Å². The second-order valence-electron chi connectivity index (χ2n) is 14.7. The smallest absolute Gasteiger partial charge is 0.187 e. The highest BCUT2D eigenvalue weighted by Gasteiger charge is 2.56. The van der Waals surface area contributed by atoms with E-state index in [-0.39, 0.29) is 0 Å². The third kappa shape index (κ3) is 8.75. The van der Waals surface area contributed by atoms with Gasteiger partial charge in [0.1, 0.15) is 91.6 Å². The maximum Gasteiger partial charge on any atom is 0.187 e. The quantitative estimate of drug-likeness (QED) is 0.0924. The molecule has 5 heterocycles. The first-order valence-electron chi connectivity index (χ1n) is 18.0. The molecule has 0 amide bonds. The highest BCUT2D eigenvalue weighted by atomic mass is 16.8. The summed E-state index contributed by atoms with van der Waals surface area (Å²) < 4.78 is 53.1. The summed E-state index contributed by atoms with van der Waals surface area (Å²) in [6, 6.07) is -1.45. The predicted octanol–water partition coefficient (Wildman–Crippen LogP) is -7.56. The van der Waals surface area contributed by atoms with Crippen molar-refractivity contribution in [3.8, 4) is 0 Å². The molecule has 5 aliphatic rings. The van der Waals surface area contributed by atoms with Crippen molar-refractivity contribution in [2.75, 3.05) is 19.8 Å². The van der Waals surface area contributed by atoms with E-state index in [9.17, 15) is 61.3 Å². The SMILES string of the molecule is CC1O[C@H](O[C@H]2C(O[C@@H]3OC(CO)C(O)[C@H](O)C3OC3OC(C)[C@H](O)[C@@H](O)[C@@H]3O)C(CO)O[C@@H](O[C@H]3C(O)C(CO)O[C@@H](C)C3C)C2N)C(O)[C@H](O)C1O. The largest absolute Gasteiger partial charge is 0.394 e. The standard InChI is InChI=1S/C32H57NO21/c1-8-9(2)46-13(6-35)19(40)25(8)51-29-15(33)27(53-30-23(44)20(41)16(37)10(3)47-30)26(14(7-36)50-29)52-32-28(22(43)18(39)12(5-34)49-32)54-31-24(45)21(42)17(38)11(4)48-31/h8-32,34-45H,5-7,33H2,1-4H3/t8?,9-,10?,11?,12?,13?,14?,15?,16?,17-,18?,19?,20+,21+,22-,23?,24-,25+,26?,27+,28?,29-,30+,31?,32-/m0/s1. The van der Waals surface area contributed by atoms with Crippen molar-refractivity contribution in [1.82, 2.24) is 0 Å². The van der Waals surface area contributed by atoms with Crippen molar-refractivity contribution in [1.29, 1.82) is 0 Å². The Kier molecular flexibility index (Phi) is 15.0. The molecule has 0 aromatic heterocycles. The van der Waals surface area contributed by atoms with Gasteiger partial charge in [-0.05, 0) is 20.8 Å². The van der Waals surface area contributed by atoms with Gasteiger partial charge >= 0.3 is 0 Å². The zero-order valence-electron chi connectivity index (χ0n) is 30.2. The second-order valence-corrected chi connectivity index (χ2v) is 14.7. The number of ether oxygens (including phenoxy) is 9. The lowest BCUT2D eigenvalue weighted by Crippen LogP contribution is -2.70. The van der Waals surface area contributed by atoms with E-state index in [1.807, 2.05) is 0 Å². The molecule has 5 saturated heterocycles. The lowest BCUT2D eigenvalue weighted by atomic mass is 9.88. The number of rotatable bonds is 11. The Morgan fingerprint density at radius 3 is 1.35 bits per heavy atom. The van der Waals surface area contributed by atoms with E-state index in [2.05, 4.69) is 0 Å². The Balaban J connectivity index is 1.47. The molecule has 0 bridgehead atoms. The Labute approximate surface area is 310 Å². The molecule has 0 radical (unpaired) electrons. The summed E-state index contributed by atoms with van der Waals surface area (Å²) in [6.07, 6.45) is -34.7. The van der Waals surface area contributed by atoms with Crippen molar-refractivity contribution in [2.24, 2.45) is 11.7 Å². The van der Waals surface area contributed by atoms with E-state index in [1.165, 1.54) is 13.8 Å². The van der Waals surface area contributed by atoms with Gasteiger partial charge in [0.25, 0.3) is 0 Å². The van der Waals surface area contributed by atoms with Crippen LogP contribution in [0.4, 0.5) is 0 Å². The van der Waals surface area contributed by atoms with Crippen LogP contribution in [0, 0.1) is 5.92 Å². The lowest BCUT2D eigenvalue weighted by molar-refractivity contribution is -0.395. The summed E-state index contributed by atoms with van der Waals surface area (Å²) in [7, 11) is 0. The van der Waals surface area contributed by atoms with E-state index in [1.54, 1.807) is 13.8 Å². The number of nitrogens with two attached hydrogens (primary N) is 1. The van der Waals surface area contributed by atoms with E-state index in [4.69, 9.17) is 48.4 Å². The van der Waals surface area contributed by atoms with Crippen LogP contribution in [0.5, 0.6) is 0 Å². The maximum absolute atomic E-state index is 11.2. The van der Waals surface area contributed by atoms with E-state index in [0.29, 0.717) is 0 Å². The Morgan fingerprint density at radius 2 is 0.833 bits per heavy atom. The van der Waals surface area contributed by atoms with Gasteiger partial charge in [-0.15, -0.1) is 0 Å². The lowest BCUT2D eigenvalue weighted by Gasteiger charge is -2.51. The summed E-state index contributed by atoms with van der Waals surface area (Å²) in [5, 5.41) is 126. The van der Waals surface area contributed by atoms with Gasteiger partial charge in [-0.2, -0.15) is 0 Å². The molecule has 14 N–H and O–H groups in total. The topological polar surface area (TPSA) is 352 Å². The molecular formula is C32H57NO21. The molecule has 54 heavy (non-hydrogen) atoms. The van der Waals surface area contributed by atoms with Gasteiger partial charge in [-0.3, -0.25) is 0 Å². The first-order valence-corrected chi connectivity index (χ1v) is 18.0. The first kappa shape index (κ1) is 44.2. The van der Waals surface area contributed by atoms with Crippen LogP contribution in [-0.2, 0) is 42.6 Å². The molecule has 5 rings (SSSR count). The number of aliphatic hydroxyl groups is 12. The molecule has 22 heteroatoms. The molecule has 316 valence electrons. The zero-order valence-corrected chi connectivity index (χ0v) is 30.2. The molecule has 0 aliphatic carbocycles. The van der Waals surface area contributed by atoms with Gasteiger partial charge in [-0.25, -0.2) is 0 Å². The van der Waals surface area contributed by atoms with E-state index >= 15 is 0 Å². The molecule has 0 saturated carbocycles. The van der Waals surface area contributed by atoms with Crippen LogP contribution in [0.1, 0.15) is 27.7 Å². The zero-order chi connectivity index (χ0) is 39.9. The Hall–Kier alpha value is -0.880. The van der Waals surface area contributed by atoms with Gasteiger partial charge in [0, 0.05) is 5.92 Å². The minimum absolute atomic E-state index is 0.489. The normalized spacial score (nSPS) is 54.7. The van der Waals surface area contributed by atoms with Crippen molar-refractivity contribution < 1.29 is 104 Å². The molecule has 5 aliphatic heterocycles. The summed E-state index contributed by atoms with van der Waals surface area (Å²) in [5.41, 5.74) is 6.70. The van der Waals surface area contributed by atoms with Gasteiger partial charge in [-0.1, -0.05) is 6.92 Å². The molecule has 25 atom stereocenters. The van der Waals surface area contributed by atoms with Crippen LogP contribution in [0.2, 0.25) is 0 Å².